The first-order valence-electron chi connectivity index (χ1n) is 5.46. The molecule has 0 saturated heterocycles. The Morgan fingerprint density at radius 2 is 1.90 bits per heavy atom. The van der Waals surface area contributed by atoms with Crippen molar-refractivity contribution >= 4 is 39.1 Å². The van der Waals surface area contributed by atoms with Crippen molar-refractivity contribution in [1.29, 1.82) is 0 Å². The summed E-state index contributed by atoms with van der Waals surface area (Å²) >= 11 is 8.75. The normalized spacial score (nSPS) is 10.4. The van der Waals surface area contributed by atoms with Crippen LogP contribution >= 0.6 is 27.5 Å². The standard InChI is InChI=1S/C13H8BrClF2N2O/c1-6-2-10(12(15)18-5-6)19-13(20)11-8(16)3-7(14)4-9(11)17/h2-5H,1H3,(H,19,20). The van der Waals surface area contributed by atoms with Crippen molar-refractivity contribution in [3.8, 4) is 0 Å². The van der Waals surface area contributed by atoms with Gasteiger partial charge in [-0.3, -0.25) is 4.79 Å². The van der Waals surface area contributed by atoms with Crippen molar-refractivity contribution in [2.75, 3.05) is 5.32 Å². The fourth-order valence-corrected chi connectivity index (χ4v) is 2.14. The van der Waals surface area contributed by atoms with Crippen molar-refractivity contribution in [3.05, 3.63) is 56.8 Å². The fourth-order valence-electron chi connectivity index (χ4n) is 1.58. The summed E-state index contributed by atoms with van der Waals surface area (Å²) in [7, 11) is 0. The maximum Gasteiger partial charge on any atom is 0.261 e. The van der Waals surface area contributed by atoms with Crippen LogP contribution in [0.1, 0.15) is 15.9 Å². The third-order valence-electron chi connectivity index (χ3n) is 2.46. The first-order chi connectivity index (χ1) is 9.38. The molecule has 2 rings (SSSR count). The summed E-state index contributed by atoms with van der Waals surface area (Å²) in [5.41, 5.74) is 0.269. The Bertz CT molecular complexity index is 671. The van der Waals surface area contributed by atoms with Crippen molar-refractivity contribution in [3.63, 3.8) is 0 Å². The lowest BCUT2D eigenvalue weighted by atomic mass is 10.2. The largest absolute Gasteiger partial charge is 0.319 e. The average Bonchev–Trinajstić information content (AvgIpc) is 2.32. The van der Waals surface area contributed by atoms with Gasteiger partial charge in [0.2, 0.25) is 0 Å². The molecule has 0 saturated carbocycles. The topological polar surface area (TPSA) is 42.0 Å². The molecule has 0 bridgehead atoms. The van der Waals surface area contributed by atoms with Crippen LogP contribution in [0.5, 0.6) is 0 Å². The van der Waals surface area contributed by atoms with E-state index < -0.39 is 23.1 Å². The lowest BCUT2D eigenvalue weighted by molar-refractivity contribution is 0.101. The monoisotopic (exact) mass is 360 g/mol. The molecule has 0 aliphatic carbocycles. The number of nitrogens with zero attached hydrogens (tertiary/aromatic N) is 1. The first kappa shape index (κ1) is 14.9. The van der Waals surface area contributed by atoms with E-state index in [9.17, 15) is 13.6 Å². The Hall–Kier alpha value is -1.53. The van der Waals surface area contributed by atoms with Gasteiger partial charge in [-0.2, -0.15) is 0 Å². The predicted molar refractivity (Wildman–Crippen MR) is 76.0 cm³/mol. The maximum absolute atomic E-state index is 13.7. The van der Waals surface area contributed by atoms with E-state index in [-0.39, 0.29) is 15.3 Å². The zero-order valence-corrected chi connectivity index (χ0v) is 12.5. The number of carbonyl (C=O) groups excluding carboxylic acids is 1. The number of nitrogens with one attached hydrogen (secondary N) is 1. The van der Waals surface area contributed by atoms with E-state index in [2.05, 4.69) is 26.2 Å². The molecule has 0 unspecified atom stereocenters. The van der Waals surface area contributed by atoms with Gasteiger partial charge in [0, 0.05) is 10.7 Å². The second kappa shape index (κ2) is 5.85. The highest BCUT2D eigenvalue weighted by Gasteiger charge is 2.19. The quantitative estimate of drug-likeness (QED) is 0.809. The van der Waals surface area contributed by atoms with Crippen LogP contribution in [0.25, 0.3) is 0 Å². The molecular formula is C13H8BrClF2N2O. The molecule has 20 heavy (non-hydrogen) atoms. The summed E-state index contributed by atoms with van der Waals surface area (Å²) < 4.78 is 27.5. The Kier molecular flexibility index (Phi) is 4.35. The zero-order chi connectivity index (χ0) is 14.9. The first-order valence-corrected chi connectivity index (χ1v) is 6.63. The van der Waals surface area contributed by atoms with Gasteiger partial charge in [0.05, 0.1) is 5.69 Å². The molecule has 0 aliphatic rings. The molecule has 1 N–H and O–H groups in total. The molecule has 1 aromatic heterocycles. The van der Waals surface area contributed by atoms with Crippen LogP contribution in [0.2, 0.25) is 5.15 Å². The molecule has 0 radical (unpaired) electrons. The van der Waals surface area contributed by atoms with E-state index in [1.54, 1.807) is 13.0 Å². The van der Waals surface area contributed by atoms with Gasteiger partial charge in [-0.1, -0.05) is 27.5 Å². The molecule has 3 nitrogen and oxygen atoms in total. The highest BCUT2D eigenvalue weighted by atomic mass is 79.9. The van der Waals surface area contributed by atoms with Crippen molar-refractivity contribution in [2.45, 2.75) is 6.92 Å². The van der Waals surface area contributed by atoms with Crippen molar-refractivity contribution in [1.82, 2.24) is 4.98 Å². The average molecular weight is 362 g/mol. The van der Waals surface area contributed by atoms with E-state index in [1.807, 2.05) is 0 Å². The molecule has 0 aliphatic heterocycles. The number of anilines is 1. The molecule has 2 aromatic rings. The molecule has 1 aromatic carbocycles. The Balaban J connectivity index is 2.36. The van der Waals surface area contributed by atoms with Crippen LogP contribution in [0.3, 0.4) is 0 Å². The molecule has 104 valence electrons. The van der Waals surface area contributed by atoms with Crippen LogP contribution in [-0.2, 0) is 0 Å². The minimum atomic E-state index is -0.967. The van der Waals surface area contributed by atoms with Crippen LogP contribution in [0, 0.1) is 18.6 Å². The highest BCUT2D eigenvalue weighted by Crippen LogP contribution is 2.23. The number of pyridine rings is 1. The maximum atomic E-state index is 13.7. The highest BCUT2D eigenvalue weighted by molar-refractivity contribution is 9.10. The molecule has 7 heteroatoms. The summed E-state index contributed by atoms with van der Waals surface area (Å²) in [6, 6.07) is 3.57. The van der Waals surface area contributed by atoms with Crippen LogP contribution < -0.4 is 5.32 Å². The summed E-state index contributed by atoms with van der Waals surface area (Å²) in [6.45, 7) is 1.75. The molecule has 1 heterocycles. The van der Waals surface area contributed by atoms with Gasteiger partial charge in [-0.15, -0.1) is 0 Å². The van der Waals surface area contributed by atoms with E-state index in [0.29, 0.717) is 0 Å². The van der Waals surface area contributed by atoms with Crippen LogP contribution in [-0.4, -0.2) is 10.9 Å². The van der Waals surface area contributed by atoms with Gasteiger partial charge < -0.3 is 5.32 Å². The molecule has 0 atom stereocenters. The second-order valence-electron chi connectivity index (χ2n) is 4.05. The summed E-state index contributed by atoms with van der Waals surface area (Å²) in [6.07, 6.45) is 1.51. The summed E-state index contributed by atoms with van der Waals surface area (Å²) in [4.78, 5) is 15.8. The van der Waals surface area contributed by atoms with Gasteiger partial charge in [-0.25, -0.2) is 13.8 Å². The third kappa shape index (κ3) is 3.13. The molecule has 0 spiro atoms. The minimum Gasteiger partial charge on any atom is -0.319 e. The van der Waals surface area contributed by atoms with E-state index in [0.717, 1.165) is 17.7 Å². The summed E-state index contributed by atoms with van der Waals surface area (Å²) in [5, 5.41) is 2.38. The van der Waals surface area contributed by atoms with Crippen LogP contribution in [0.15, 0.2) is 28.9 Å². The number of hydrogen-bond donors (Lipinski definition) is 1. The predicted octanol–water partition coefficient (Wildman–Crippen LogP) is 4.34. The Labute approximate surface area is 127 Å². The van der Waals surface area contributed by atoms with Crippen molar-refractivity contribution < 1.29 is 13.6 Å². The van der Waals surface area contributed by atoms with E-state index >= 15 is 0 Å². The second-order valence-corrected chi connectivity index (χ2v) is 5.32. The fraction of sp³-hybridized carbons (Fsp3) is 0.0769. The van der Waals surface area contributed by atoms with Gasteiger partial charge in [0.25, 0.3) is 5.91 Å². The third-order valence-corrected chi connectivity index (χ3v) is 3.22. The Morgan fingerprint density at radius 1 is 1.30 bits per heavy atom. The van der Waals surface area contributed by atoms with Gasteiger partial charge >= 0.3 is 0 Å². The zero-order valence-electron chi connectivity index (χ0n) is 10.2. The lowest BCUT2D eigenvalue weighted by Crippen LogP contribution is -2.16. The number of halogens is 4. The number of amides is 1. The van der Waals surface area contributed by atoms with Gasteiger partial charge in [0.1, 0.15) is 17.2 Å². The molecule has 0 fully saturated rings. The number of aromatic nitrogens is 1. The summed E-state index contributed by atoms with van der Waals surface area (Å²) in [5.74, 6) is -2.86. The van der Waals surface area contributed by atoms with E-state index in [1.165, 1.54) is 6.20 Å². The van der Waals surface area contributed by atoms with Gasteiger partial charge in [0.15, 0.2) is 5.15 Å². The van der Waals surface area contributed by atoms with E-state index in [4.69, 9.17) is 11.6 Å². The number of aryl methyl sites for hydroxylation is 1. The lowest BCUT2D eigenvalue weighted by Gasteiger charge is -2.09. The number of hydrogen-bond acceptors (Lipinski definition) is 2. The van der Waals surface area contributed by atoms with Gasteiger partial charge in [-0.05, 0) is 30.7 Å². The number of carbonyl (C=O) groups is 1. The minimum absolute atomic E-state index is 0.0434. The van der Waals surface area contributed by atoms with Crippen molar-refractivity contribution in [2.24, 2.45) is 0 Å². The Morgan fingerprint density at radius 3 is 2.50 bits per heavy atom. The number of rotatable bonds is 2. The molecule has 1 amide bonds. The van der Waals surface area contributed by atoms with Crippen LogP contribution in [0.4, 0.5) is 14.5 Å². The molecular weight excluding hydrogens is 354 g/mol. The SMILES string of the molecule is Cc1cnc(Cl)c(NC(=O)c2c(F)cc(Br)cc2F)c1. The smallest absolute Gasteiger partial charge is 0.261 e. The number of benzene rings is 1.